The van der Waals surface area contributed by atoms with E-state index >= 15 is 0 Å². The first-order valence-corrected chi connectivity index (χ1v) is 13.0. The number of aromatic nitrogens is 2. The Morgan fingerprint density at radius 1 is 1.08 bits per heavy atom. The van der Waals surface area contributed by atoms with Gasteiger partial charge in [-0.3, -0.25) is 4.90 Å². The average molecular weight is 494 g/mol. The summed E-state index contributed by atoms with van der Waals surface area (Å²) in [5, 5.41) is 15.6. The van der Waals surface area contributed by atoms with E-state index in [4.69, 9.17) is 19.3 Å². The van der Waals surface area contributed by atoms with Crippen molar-refractivity contribution in [3.8, 4) is 23.1 Å². The standard InChI is InChI=1S/C29H39N3O4/c1-4-5-17-35-21-25(33)19-31(18-23-15-16-23)20-26-22(2)30-32(24-11-7-6-8-12-24)29(26)36-28-14-10-9-13-27(28)34-3/h6-14,23,25,33H,4-5,15-21H2,1-3H3/t25-/m0/s1. The van der Waals surface area contributed by atoms with Crippen LogP contribution in [0.5, 0.6) is 17.4 Å². The molecule has 0 bridgehead atoms. The molecule has 1 heterocycles. The summed E-state index contributed by atoms with van der Waals surface area (Å²) in [5.41, 5.74) is 2.83. The van der Waals surface area contributed by atoms with Crippen LogP contribution < -0.4 is 9.47 Å². The number of unbranched alkanes of at least 4 members (excludes halogenated alkanes) is 1. The summed E-state index contributed by atoms with van der Waals surface area (Å²) in [4.78, 5) is 2.32. The molecule has 0 spiro atoms. The van der Waals surface area contributed by atoms with Gasteiger partial charge in [0.1, 0.15) is 0 Å². The van der Waals surface area contributed by atoms with Crippen LogP contribution in [0.1, 0.15) is 43.9 Å². The Balaban J connectivity index is 1.61. The minimum Gasteiger partial charge on any atom is -0.493 e. The van der Waals surface area contributed by atoms with Crippen molar-refractivity contribution in [1.82, 2.24) is 14.7 Å². The van der Waals surface area contributed by atoms with E-state index in [-0.39, 0.29) is 0 Å². The summed E-state index contributed by atoms with van der Waals surface area (Å²) in [6, 6.07) is 17.7. The van der Waals surface area contributed by atoms with Gasteiger partial charge in [-0.25, -0.2) is 4.68 Å². The van der Waals surface area contributed by atoms with Crippen molar-refractivity contribution in [2.24, 2.45) is 5.92 Å². The first kappa shape index (κ1) is 26.2. The summed E-state index contributed by atoms with van der Waals surface area (Å²) in [6.07, 6.45) is 4.05. The summed E-state index contributed by atoms with van der Waals surface area (Å²) < 4.78 is 19.6. The topological polar surface area (TPSA) is 69.0 Å². The monoisotopic (exact) mass is 493 g/mol. The molecule has 4 rings (SSSR count). The lowest BCUT2D eigenvalue weighted by atomic mass is 10.2. The van der Waals surface area contributed by atoms with Crippen molar-refractivity contribution in [3.63, 3.8) is 0 Å². The van der Waals surface area contributed by atoms with Gasteiger partial charge in [0.05, 0.1) is 36.8 Å². The third-order valence-corrected chi connectivity index (χ3v) is 6.43. The molecule has 0 saturated heterocycles. The van der Waals surface area contributed by atoms with E-state index in [1.807, 2.05) is 66.2 Å². The largest absolute Gasteiger partial charge is 0.493 e. The van der Waals surface area contributed by atoms with Crippen molar-refractivity contribution >= 4 is 0 Å². The molecule has 0 radical (unpaired) electrons. The first-order valence-electron chi connectivity index (χ1n) is 13.0. The van der Waals surface area contributed by atoms with Crippen LogP contribution in [0, 0.1) is 12.8 Å². The Kier molecular flexibility index (Phi) is 9.39. The first-order chi connectivity index (χ1) is 17.6. The zero-order valence-corrected chi connectivity index (χ0v) is 21.7. The Morgan fingerprint density at radius 3 is 2.50 bits per heavy atom. The Bertz CT molecular complexity index is 1080. The highest BCUT2D eigenvalue weighted by atomic mass is 16.5. The molecule has 36 heavy (non-hydrogen) atoms. The molecule has 1 saturated carbocycles. The molecule has 1 aliphatic carbocycles. The number of rotatable bonds is 15. The molecule has 0 aliphatic heterocycles. The molecule has 1 aromatic heterocycles. The third-order valence-electron chi connectivity index (χ3n) is 6.43. The number of ether oxygens (including phenoxy) is 3. The predicted octanol–water partition coefficient (Wildman–Crippen LogP) is 5.37. The van der Waals surface area contributed by atoms with Crippen molar-refractivity contribution in [3.05, 3.63) is 65.9 Å². The minimum absolute atomic E-state index is 0.355. The molecule has 1 atom stereocenters. The van der Waals surface area contributed by atoms with Gasteiger partial charge in [0, 0.05) is 26.2 Å². The van der Waals surface area contributed by atoms with E-state index < -0.39 is 6.10 Å². The van der Waals surface area contributed by atoms with Gasteiger partial charge in [0.25, 0.3) is 0 Å². The Hall–Kier alpha value is -2.87. The maximum absolute atomic E-state index is 10.7. The number of aliphatic hydroxyl groups excluding tert-OH is 1. The number of aliphatic hydroxyl groups is 1. The normalized spacial score (nSPS) is 14.2. The molecule has 1 aliphatic rings. The Morgan fingerprint density at radius 2 is 1.81 bits per heavy atom. The maximum atomic E-state index is 10.7. The number of aryl methyl sites for hydroxylation is 1. The number of methoxy groups -OCH3 is 1. The maximum Gasteiger partial charge on any atom is 0.227 e. The van der Waals surface area contributed by atoms with Gasteiger partial charge in [0.15, 0.2) is 11.5 Å². The third kappa shape index (κ3) is 7.09. The van der Waals surface area contributed by atoms with Crippen molar-refractivity contribution in [1.29, 1.82) is 0 Å². The molecule has 1 fully saturated rings. The highest BCUT2D eigenvalue weighted by Gasteiger charge is 2.28. The molecule has 3 aromatic rings. The van der Waals surface area contributed by atoms with E-state index in [9.17, 15) is 5.11 Å². The average Bonchev–Trinajstić information content (AvgIpc) is 3.66. The number of hydrogen-bond acceptors (Lipinski definition) is 6. The quantitative estimate of drug-likeness (QED) is 0.287. The van der Waals surface area contributed by atoms with Gasteiger partial charge >= 0.3 is 0 Å². The van der Waals surface area contributed by atoms with E-state index in [1.54, 1.807) is 7.11 Å². The fourth-order valence-electron chi connectivity index (χ4n) is 4.29. The second-order valence-electron chi connectivity index (χ2n) is 9.59. The summed E-state index contributed by atoms with van der Waals surface area (Å²) >= 11 is 0. The second kappa shape index (κ2) is 12.9. The van der Waals surface area contributed by atoms with Crippen LogP contribution in [0.25, 0.3) is 5.69 Å². The summed E-state index contributed by atoms with van der Waals surface area (Å²) in [7, 11) is 1.64. The minimum atomic E-state index is -0.538. The highest BCUT2D eigenvalue weighted by molar-refractivity contribution is 5.47. The molecule has 0 amide bonds. The van der Waals surface area contributed by atoms with Crippen LogP contribution in [-0.2, 0) is 11.3 Å². The smallest absolute Gasteiger partial charge is 0.227 e. The van der Waals surface area contributed by atoms with Crippen molar-refractivity contribution in [2.45, 2.75) is 52.2 Å². The summed E-state index contributed by atoms with van der Waals surface area (Å²) in [6.45, 7) is 7.32. The van der Waals surface area contributed by atoms with Crippen LogP contribution >= 0.6 is 0 Å². The molecule has 7 nitrogen and oxygen atoms in total. The van der Waals surface area contributed by atoms with Gasteiger partial charge in [-0.05, 0) is 56.4 Å². The Labute approximate surface area is 214 Å². The van der Waals surface area contributed by atoms with Gasteiger partial charge in [0.2, 0.25) is 5.88 Å². The number of para-hydroxylation sites is 3. The van der Waals surface area contributed by atoms with Crippen LogP contribution in [0.3, 0.4) is 0 Å². The van der Waals surface area contributed by atoms with Crippen LogP contribution in [0.2, 0.25) is 0 Å². The molecule has 7 heteroatoms. The van der Waals surface area contributed by atoms with Crippen LogP contribution in [0.4, 0.5) is 0 Å². The van der Waals surface area contributed by atoms with Crippen LogP contribution in [-0.4, -0.2) is 59.3 Å². The zero-order chi connectivity index (χ0) is 25.3. The predicted molar refractivity (Wildman–Crippen MR) is 141 cm³/mol. The highest BCUT2D eigenvalue weighted by Crippen LogP contribution is 2.37. The van der Waals surface area contributed by atoms with Gasteiger partial charge in [-0.1, -0.05) is 43.7 Å². The lowest BCUT2D eigenvalue weighted by Crippen LogP contribution is -2.36. The second-order valence-corrected chi connectivity index (χ2v) is 9.59. The SMILES string of the molecule is CCCCOC[C@@H](O)CN(Cc1c(C)nn(-c2ccccc2)c1Oc1ccccc1OC)CC1CC1. The van der Waals surface area contributed by atoms with Gasteiger partial charge < -0.3 is 19.3 Å². The van der Waals surface area contributed by atoms with E-state index in [1.165, 1.54) is 12.8 Å². The number of hydrogen-bond donors (Lipinski definition) is 1. The van der Waals surface area contributed by atoms with E-state index in [0.29, 0.717) is 49.6 Å². The van der Waals surface area contributed by atoms with Crippen LogP contribution in [0.15, 0.2) is 54.6 Å². The molecular weight excluding hydrogens is 454 g/mol. The zero-order valence-electron chi connectivity index (χ0n) is 21.7. The van der Waals surface area contributed by atoms with Crippen molar-refractivity contribution in [2.75, 3.05) is 33.4 Å². The molecular formula is C29H39N3O4. The lowest BCUT2D eigenvalue weighted by Gasteiger charge is -2.25. The number of nitrogens with zero attached hydrogens (tertiary/aromatic N) is 3. The molecule has 1 N–H and O–H groups in total. The molecule has 2 aromatic carbocycles. The van der Waals surface area contributed by atoms with Gasteiger partial charge in [-0.15, -0.1) is 0 Å². The van der Waals surface area contributed by atoms with Gasteiger partial charge in [-0.2, -0.15) is 5.10 Å². The number of benzene rings is 2. The van der Waals surface area contributed by atoms with E-state index in [2.05, 4.69) is 11.8 Å². The van der Waals surface area contributed by atoms with E-state index in [0.717, 1.165) is 36.3 Å². The summed E-state index contributed by atoms with van der Waals surface area (Å²) in [5.74, 6) is 2.65. The molecule has 194 valence electrons. The fraction of sp³-hybridized carbons (Fsp3) is 0.483. The lowest BCUT2D eigenvalue weighted by molar-refractivity contribution is 0.0134. The van der Waals surface area contributed by atoms with Crippen molar-refractivity contribution < 1.29 is 19.3 Å². The fourth-order valence-corrected chi connectivity index (χ4v) is 4.29. The molecule has 0 unspecified atom stereocenters.